The number of amides is 1. The summed E-state index contributed by atoms with van der Waals surface area (Å²) in [6.45, 7) is 0.513. The minimum Gasteiger partial charge on any atom is -0.367 e. The van der Waals surface area contributed by atoms with Gasteiger partial charge in [0.1, 0.15) is 23.1 Å². The maximum Gasteiger partial charge on any atom is 0.248 e. The van der Waals surface area contributed by atoms with E-state index in [-0.39, 0.29) is 38.7 Å². The fourth-order valence-corrected chi connectivity index (χ4v) is 4.41. The molecule has 1 fully saturated rings. The summed E-state index contributed by atoms with van der Waals surface area (Å²) in [5.41, 5.74) is 0.948. The standard InChI is InChI=1S/C19H20F2N2O4S/c20-16-6-7-17(21)18(12-16)28(25,26)23-10-8-22(9-11-23)19(24)14-27-13-15-4-2-1-3-5-15/h1-7,12H,8-11,13-14H2. The lowest BCUT2D eigenvalue weighted by atomic mass is 10.2. The number of hydrogen-bond acceptors (Lipinski definition) is 4. The molecule has 0 atom stereocenters. The van der Waals surface area contributed by atoms with Crippen LogP contribution in [0.15, 0.2) is 53.4 Å². The summed E-state index contributed by atoms with van der Waals surface area (Å²) >= 11 is 0. The monoisotopic (exact) mass is 410 g/mol. The molecule has 1 aliphatic heterocycles. The second-order valence-electron chi connectivity index (χ2n) is 6.34. The van der Waals surface area contributed by atoms with Crippen molar-refractivity contribution in [2.45, 2.75) is 11.5 Å². The molecule has 1 saturated heterocycles. The van der Waals surface area contributed by atoms with Gasteiger partial charge in [0.25, 0.3) is 0 Å². The topological polar surface area (TPSA) is 66.9 Å². The number of rotatable bonds is 6. The number of sulfonamides is 1. The summed E-state index contributed by atoms with van der Waals surface area (Å²) in [7, 11) is -4.17. The highest BCUT2D eigenvalue weighted by atomic mass is 32.2. The summed E-state index contributed by atoms with van der Waals surface area (Å²) in [6, 6.07) is 11.7. The van der Waals surface area contributed by atoms with E-state index in [0.29, 0.717) is 12.7 Å². The van der Waals surface area contributed by atoms with Crippen molar-refractivity contribution >= 4 is 15.9 Å². The SMILES string of the molecule is O=C(COCc1ccccc1)N1CCN(S(=O)(=O)c2cc(F)ccc2F)CC1. The molecular weight excluding hydrogens is 390 g/mol. The molecule has 1 aliphatic rings. The number of benzene rings is 2. The van der Waals surface area contributed by atoms with Crippen LogP contribution in [0.1, 0.15) is 5.56 Å². The number of halogens is 2. The lowest BCUT2D eigenvalue weighted by Gasteiger charge is -2.34. The molecule has 2 aromatic rings. The third kappa shape index (κ3) is 4.73. The van der Waals surface area contributed by atoms with E-state index in [1.807, 2.05) is 30.3 Å². The molecule has 28 heavy (non-hydrogen) atoms. The smallest absolute Gasteiger partial charge is 0.248 e. The molecule has 0 saturated carbocycles. The molecular formula is C19H20F2N2O4S. The van der Waals surface area contributed by atoms with Gasteiger partial charge in [-0.15, -0.1) is 0 Å². The molecule has 6 nitrogen and oxygen atoms in total. The van der Waals surface area contributed by atoms with Gasteiger partial charge in [0.15, 0.2) is 0 Å². The molecule has 0 N–H and O–H groups in total. The van der Waals surface area contributed by atoms with E-state index < -0.39 is 26.6 Å². The Morgan fingerprint density at radius 2 is 1.68 bits per heavy atom. The molecule has 0 aromatic heterocycles. The quantitative estimate of drug-likeness (QED) is 0.731. The largest absolute Gasteiger partial charge is 0.367 e. The fourth-order valence-electron chi connectivity index (χ4n) is 2.91. The average Bonchev–Trinajstić information content (AvgIpc) is 2.70. The summed E-state index contributed by atoms with van der Waals surface area (Å²) in [5, 5.41) is 0. The van der Waals surface area contributed by atoms with E-state index >= 15 is 0 Å². The molecule has 2 aromatic carbocycles. The van der Waals surface area contributed by atoms with Crippen molar-refractivity contribution in [3.63, 3.8) is 0 Å². The predicted octanol–water partition coefficient (Wildman–Crippen LogP) is 2.01. The summed E-state index contributed by atoms with van der Waals surface area (Å²) < 4.78 is 58.8. The van der Waals surface area contributed by atoms with Gasteiger partial charge in [0.05, 0.1) is 6.61 Å². The van der Waals surface area contributed by atoms with E-state index in [9.17, 15) is 22.0 Å². The maximum absolute atomic E-state index is 13.9. The van der Waals surface area contributed by atoms with Crippen molar-refractivity contribution in [2.24, 2.45) is 0 Å². The third-order valence-corrected chi connectivity index (χ3v) is 6.35. The zero-order valence-electron chi connectivity index (χ0n) is 15.1. The normalized spacial score (nSPS) is 15.6. The van der Waals surface area contributed by atoms with Crippen molar-refractivity contribution in [1.29, 1.82) is 0 Å². The van der Waals surface area contributed by atoms with Crippen LogP contribution in [0, 0.1) is 11.6 Å². The summed E-state index contributed by atoms with van der Waals surface area (Å²) in [6.07, 6.45) is 0. The molecule has 9 heteroatoms. The Balaban J connectivity index is 1.53. The first-order chi connectivity index (χ1) is 13.4. The number of carbonyl (C=O) groups excluding carboxylic acids is 1. The van der Waals surface area contributed by atoms with E-state index in [4.69, 9.17) is 4.74 Å². The first-order valence-corrected chi connectivity index (χ1v) is 10.2. The van der Waals surface area contributed by atoms with E-state index in [1.165, 1.54) is 4.90 Å². The van der Waals surface area contributed by atoms with Crippen LogP contribution < -0.4 is 0 Å². The van der Waals surface area contributed by atoms with E-state index in [1.54, 1.807) is 0 Å². The third-order valence-electron chi connectivity index (χ3n) is 4.44. The highest BCUT2D eigenvalue weighted by molar-refractivity contribution is 7.89. The average molecular weight is 410 g/mol. The van der Waals surface area contributed by atoms with Gasteiger partial charge in [-0.3, -0.25) is 4.79 Å². The maximum atomic E-state index is 13.9. The van der Waals surface area contributed by atoms with Crippen LogP contribution in [-0.4, -0.2) is 56.3 Å². The number of piperazine rings is 1. The first kappa shape index (κ1) is 20.4. The van der Waals surface area contributed by atoms with Gasteiger partial charge < -0.3 is 9.64 Å². The lowest BCUT2D eigenvalue weighted by Crippen LogP contribution is -2.51. The Morgan fingerprint density at radius 3 is 2.36 bits per heavy atom. The molecule has 0 spiro atoms. The minimum absolute atomic E-state index is 0.00269. The summed E-state index contributed by atoms with van der Waals surface area (Å²) in [5.74, 6) is -2.08. The molecule has 150 valence electrons. The number of nitrogens with zero attached hydrogens (tertiary/aromatic N) is 2. The second-order valence-corrected chi connectivity index (χ2v) is 8.24. The van der Waals surface area contributed by atoms with Crippen LogP contribution >= 0.6 is 0 Å². The lowest BCUT2D eigenvalue weighted by molar-refractivity contribution is -0.137. The zero-order chi connectivity index (χ0) is 20.1. The van der Waals surface area contributed by atoms with E-state index in [0.717, 1.165) is 22.0 Å². The Hall–Kier alpha value is -2.36. The van der Waals surface area contributed by atoms with Gasteiger partial charge in [0, 0.05) is 26.2 Å². The highest BCUT2D eigenvalue weighted by Gasteiger charge is 2.32. The van der Waals surface area contributed by atoms with Gasteiger partial charge in [-0.25, -0.2) is 17.2 Å². The molecule has 0 radical (unpaired) electrons. The van der Waals surface area contributed by atoms with Gasteiger partial charge in [-0.1, -0.05) is 30.3 Å². The molecule has 0 bridgehead atoms. The molecule has 1 heterocycles. The van der Waals surface area contributed by atoms with Crippen LogP contribution in [0.25, 0.3) is 0 Å². The van der Waals surface area contributed by atoms with Crippen molar-refractivity contribution in [2.75, 3.05) is 32.8 Å². The highest BCUT2D eigenvalue weighted by Crippen LogP contribution is 2.21. The van der Waals surface area contributed by atoms with Crippen LogP contribution in [-0.2, 0) is 26.2 Å². The number of ether oxygens (including phenoxy) is 1. The van der Waals surface area contributed by atoms with Crippen molar-refractivity contribution in [1.82, 2.24) is 9.21 Å². The fraction of sp³-hybridized carbons (Fsp3) is 0.316. The van der Waals surface area contributed by atoms with Crippen molar-refractivity contribution in [3.05, 3.63) is 65.7 Å². The van der Waals surface area contributed by atoms with E-state index in [2.05, 4.69) is 0 Å². The van der Waals surface area contributed by atoms with Gasteiger partial charge in [-0.05, 0) is 23.8 Å². The molecule has 0 aliphatic carbocycles. The van der Waals surface area contributed by atoms with Crippen molar-refractivity contribution < 1.29 is 26.7 Å². The Bertz CT molecular complexity index is 930. The number of carbonyl (C=O) groups is 1. The molecule has 1 amide bonds. The predicted molar refractivity (Wildman–Crippen MR) is 97.8 cm³/mol. The van der Waals surface area contributed by atoms with Gasteiger partial charge >= 0.3 is 0 Å². The Labute approximate surface area is 162 Å². The van der Waals surface area contributed by atoms with Crippen LogP contribution in [0.3, 0.4) is 0 Å². The second kappa shape index (κ2) is 8.76. The number of hydrogen-bond donors (Lipinski definition) is 0. The van der Waals surface area contributed by atoms with Crippen LogP contribution in [0.5, 0.6) is 0 Å². The molecule has 3 rings (SSSR count). The summed E-state index contributed by atoms with van der Waals surface area (Å²) in [4.78, 5) is 13.0. The minimum atomic E-state index is -4.17. The molecule has 0 unspecified atom stereocenters. The Morgan fingerprint density at radius 1 is 1.00 bits per heavy atom. The van der Waals surface area contributed by atoms with Crippen molar-refractivity contribution in [3.8, 4) is 0 Å². The van der Waals surface area contributed by atoms with Gasteiger partial charge in [0.2, 0.25) is 15.9 Å². The Kier molecular flexibility index (Phi) is 6.38. The van der Waals surface area contributed by atoms with Crippen LogP contribution in [0.2, 0.25) is 0 Å². The zero-order valence-corrected chi connectivity index (χ0v) is 15.9. The first-order valence-electron chi connectivity index (χ1n) is 8.72. The van der Waals surface area contributed by atoms with Crippen LogP contribution in [0.4, 0.5) is 8.78 Å². The van der Waals surface area contributed by atoms with Gasteiger partial charge in [-0.2, -0.15) is 4.31 Å².